The van der Waals surface area contributed by atoms with Crippen LogP contribution >= 0.6 is 27.3 Å². The molecule has 0 atom stereocenters. The van der Waals surface area contributed by atoms with Crippen LogP contribution < -0.4 is 5.76 Å². The minimum Gasteiger partial charge on any atom is -0.408 e. The zero-order chi connectivity index (χ0) is 15.0. The van der Waals surface area contributed by atoms with Crippen molar-refractivity contribution in [3.8, 4) is 0 Å². The molecule has 0 bridgehead atoms. The van der Waals surface area contributed by atoms with Crippen LogP contribution in [-0.4, -0.2) is 10.4 Å². The fourth-order valence-electron chi connectivity index (χ4n) is 2.23. The number of oxazole rings is 1. The van der Waals surface area contributed by atoms with E-state index in [1.165, 1.54) is 11.3 Å². The van der Waals surface area contributed by atoms with E-state index in [2.05, 4.69) is 15.9 Å². The van der Waals surface area contributed by atoms with Crippen LogP contribution in [0.15, 0.2) is 43.3 Å². The lowest BCUT2D eigenvalue weighted by Crippen LogP contribution is -2.13. The molecule has 0 fully saturated rings. The summed E-state index contributed by atoms with van der Waals surface area (Å²) >= 11 is 4.74. The van der Waals surface area contributed by atoms with Crippen LogP contribution in [0.1, 0.15) is 28.6 Å². The van der Waals surface area contributed by atoms with Crippen LogP contribution in [0.4, 0.5) is 0 Å². The second-order valence-electron chi connectivity index (χ2n) is 4.63. The molecule has 0 amide bonds. The van der Waals surface area contributed by atoms with Crippen molar-refractivity contribution in [2.24, 2.45) is 0 Å². The second kappa shape index (κ2) is 5.61. The van der Waals surface area contributed by atoms with Gasteiger partial charge in [-0.2, -0.15) is 0 Å². The van der Waals surface area contributed by atoms with Crippen molar-refractivity contribution in [2.45, 2.75) is 19.9 Å². The molecule has 3 aromatic rings. The molecule has 0 N–H and O–H groups in total. The Morgan fingerprint density at radius 3 is 2.86 bits per heavy atom. The third-order valence-electron chi connectivity index (χ3n) is 3.20. The van der Waals surface area contributed by atoms with E-state index in [0.717, 1.165) is 16.4 Å². The lowest BCUT2D eigenvalue weighted by Gasteiger charge is -2.01. The molecule has 0 spiro atoms. The maximum Gasteiger partial charge on any atom is 0.419 e. The highest BCUT2D eigenvalue weighted by Gasteiger charge is 2.16. The summed E-state index contributed by atoms with van der Waals surface area (Å²) in [6, 6.07) is 6.98. The standard InChI is InChI=1S/C15H12BrNO3S/c1-2-6-17-11-4-3-9(8-12(11)20-15(17)19)13(18)14-10(16)5-7-21-14/h3-5,7-8H,2,6H2,1H3. The fraction of sp³-hybridized carbons (Fsp3) is 0.200. The number of aryl methyl sites for hydroxylation is 1. The first kappa shape index (κ1) is 14.3. The van der Waals surface area contributed by atoms with Crippen molar-refractivity contribution in [2.75, 3.05) is 0 Å². The van der Waals surface area contributed by atoms with Gasteiger partial charge in [-0.25, -0.2) is 4.79 Å². The molecule has 0 aliphatic heterocycles. The Bertz CT molecular complexity index is 875. The van der Waals surface area contributed by atoms with Gasteiger partial charge in [-0.05, 0) is 52.0 Å². The smallest absolute Gasteiger partial charge is 0.408 e. The van der Waals surface area contributed by atoms with Crippen molar-refractivity contribution >= 4 is 44.1 Å². The largest absolute Gasteiger partial charge is 0.419 e. The molecular weight excluding hydrogens is 354 g/mol. The highest BCUT2D eigenvalue weighted by Crippen LogP contribution is 2.26. The van der Waals surface area contributed by atoms with E-state index in [0.29, 0.717) is 22.6 Å². The first-order chi connectivity index (χ1) is 10.1. The molecule has 0 radical (unpaired) electrons. The van der Waals surface area contributed by atoms with Gasteiger partial charge in [-0.3, -0.25) is 9.36 Å². The predicted molar refractivity (Wildman–Crippen MR) is 86.2 cm³/mol. The number of carbonyl (C=O) groups is 1. The molecule has 4 nitrogen and oxygen atoms in total. The van der Waals surface area contributed by atoms with Gasteiger partial charge in [0.15, 0.2) is 5.58 Å². The molecule has 1 aromatic carbocycles. The lowest BCUT2D eigenvalue weighted by molar-refractivity contribution is 0.104. The minimum absolute atomic E-state index is 0.0790. The summed E-state index contributed by atoms with van der Waals surface area (Å²) in [6.07, 6.45) is 0.845. The number of halogens is 1. The Morgan fingerprint density at radius 1 is 1.38 bits per heavy atom. The summed E-state index contributed by atoms with van der Waals surface area (Å²) in [5.41, 5.74) is 1.69. The Morgan fingerprint density at radius 2 is 2.19 bits per heavy atom. The van der Waals surface area contributed by atoms with E-state index in [1.807, 2.05) is 18.4 Å². The SMILES string of the molecule is CCCn1c(=O)oc2cc(C(=O)c3sccc3Br)ccc21. The summed E-state index contributed by atoms with van der Waals surface area (Å²) in [6.45, 7) is 2.60. The number of nitrogens with zero attached hydrogens (tertiary/aromatic N) is 1. The quantitative estimate of drug-likeness (QED) is 0.655. The van der Waals surface area contributed by atoms with Crippen molar-refractivity contribution in [1.29, 1.82) is 0 Å². The Balaban J connectivity index is 2.08. The molecule has 0 saturated carbocycles. The Hall–Kier alpha value is -1.66. The number of ketones is 1. The van der Waals surface area contributed by atoms with E-state index >= 15 is 0 Å². The first-order valence-corrected chi connectivity index (χ1v) is 8.20. The van der Waals surface area contributed by atoms with Crippen molar-refractivity contribution in [3.63, 3.8) is 0 Å². The van der Waals surface area contributed by atoms with Gasteiger partial charge in [0.2, 0.25) is 5.78 Å². The first-order valence-electron chi connectivity index (χ1n) is 6.53. The molecule has 2 heterocycles. The van der Waals surface area contributed by atoms with E-state index < -0.39 is 0 Å². The summed E-state index contributed by atoms with van der Waals surface area (Å²) in [5.74, 6) is -0.460. The normalized spacial score (nSPS) is 11.1. The average molecular weight is 366 g/mol. The third-order valence-corrected chi connectivity index (χ3v) is 5.04. The maximum atomic E-state index is 12.4. The maximum absolute atomic E-state index is 12.4. The molecule has 108 valence electrons. The van der Waals surface area contributed by atoms with E-state index in [1.54, 1.807) is 22.8 Å². The number of carbonyl (C=O) groups excluding carboxylic acids is 1. The highest BCUT2D eigenvalue weighted by molar-refractivity contribution is 9.10. The van der Waals surface area contributed by atoms with Gasteiger partial charge < -0.3 is 4.42 Å². The topological polar surface area (TPSA) is 52.2 Å². The fourth-order valence-corrected chi connectivity index (χ4v) is 3.74. The van der Waals surface area contributed by atoms with Gasteiger partial charge in [-0.15, -0.1) is 11.3 Å². The Kier molecular flexibility index (Phi) is 3.82. The van der Waals surface area contributed by atoms with Gasteiger partial charge in [-0.1, -0.05) is 6.92 Å². The predicted octanol–water partition coefficient (Wildman–Crippen LogP) is 4.06. The van der Waals surface area contributed by atoms with Crippen LogP contribution in [0.5, 0.6) is 0 Å². The number of hydrogen-bond donors (Lipinski definition) is 0. The molecule has 0 aliphatic rings. The second-order valence-corrected chi connectivity index (χ2v) is 6.40. The van der Waals surface area contributed by atoms with Gasteiger partial charge in [0.25, 0.3) is 0 Å². The summed E-state index contributed by atoms with van der Waals surface area (Å²) in [4.78, 5) is 24.9. The average Bonchev–Trinajstić information content (AvgIpc) is 3.02. The van der Waals surface area contributed by atoms with Gasteiger partial charge >= 0.3 is 5.76 Å². The number of benzene rings is 1. The van der Waals surface area contributed by atoms with Crippen LogP contribution in [-0.2, 0) is 6.54 Å². The van der Waals surface area contributed by atoms with Crippen LogP contribution in [0.3, 0.4) is 0 Å². The minimum atomic E-state index is -0.381. The van der Waals surface area contributed by atoms with Gasteiger partial charge in [0.1, 0.15) is 0 Å². The van der Waals surface area contributed by atoms with Crippen LogP contribution in [0.2, 0.25) is 0 Å². The van der Waals surface area contributed by atoms with Crippen LogP contribution in [0.25, 0.3) is 11.1 Å². The zero-order valence-electron chi connectivity index (χ0n) is 11.3. The van der Waals surface area contributed by atoms with Gasteiger partial charge in [0.05, 0.1) is 10.4 Å². The summed E-state index contributed by atoms with van der Waals surface area (Å²) in [5, 5.41) is 1.85. The molecule has 0 unspecified atom stereocenters. The highest BCUT2D eigenvalue weighted by atomic mass is 79.9. The number of fused-ring (bicyclic) bond motifs is 1. The van der Waals surface area contributed by atoms with Crippen LogP contribution in [0, 0.1) is 0 Å². The number of hydrogen-bond acceptors (Lipinski definition) is 4. The van der Waals surface area contributed by atoms with Gasteiger partial charge in [0, 0.05) is 16.6 Å². The Labute approximate surface area is 133 Å². The number of rotatable bonds is 4. The van der Waals surface area contributed by atoms with Crippen molar-refractivity contribution < 1.29 is 9.21 Å². The lowest BCUT2D eigenvalue weighted by atomic mass is 10.1. The molecule has 2 aromatic heterocycles. The van der Waals surface area contributed by atoms with E-state index in [4.69, 9.17) is 4.42 Å². The number of aromatic nitrogens is 1. The zero-order valence-corrected chi connectivity index (χ0v) is 13.7. The summed E-state index contributed by atoms with van der Waals surface area (Å²) in [7, 11) is 0. The molecule has 21 heavy (non-hydrogen) atoms. The van der Waals surface area contributed by atoms with Crippen molar-refractivity contribution in [1.82, 2.24) is 4.57 Å². The monoisotopic (exact) mass is 365 g/mol. The molecule has 0 aliphatic carbocycles. The number of thiophene rings is 1. The molecule has 6 heteroatoms. The summed E-state index contributed by atoms with van der Waals surface area (Å²) < 4.78 is 7.61. The molecule has 3 rings (SSSR count). The van der Waals surface area contributed by atoms with Crippen molar-refractivity contribution in [3.05, 3.63) is 55.1 Å². The molecular formula is C15H12BrNO3S. The van der Waals surface area contributed by atoms with E-state index in [9.17, 15) is 9.59 Å². The third kappa shape index (κ3) is 2.49. The molecule has 0 saturated heterocycles. The van der Waals surface area contributed by atoms with E-state index in [-0.39, 0.29) is 11.5 Å².